The van der Waals surface area contributed by atoms with Gasteiger partial charge in [0.1, 0.15) is 0 Å². The predicted molar refractivity (Wildman–Crippen MR) is 77.7 cm³/mol. The Morgan fingerprint density at radius 3 is 2.45 bits per heavy atom. The standard InChI is InChI=1S/C15H11NO3Se/c17-14-12-3-1-2-4-13(12)20-16(14)9-10-5-7-11(8-6-10)15(18)19/h1-8H,9H2,(H,18,19). The van der Waals surface area contributed by atoms with Crippen LogP contribution in [-0.4, -0.2) is 29.4 Å². The molecule has 0 aliphatic heterocycles. The second kappa shape index (κ2) is 5.12. The Morgan fingerprint density at radius 1 is 1.10 bits per heavy atom. The van der Waals surface area contributed by atoms with Gasteiger partial charge in [0.05, 0.1) is 0 Å². The molecule has 0 aliphatic carbocycles. The number of aromatic carboxylic acids is 1. The number of rotatable bonds is 3. The van der Waals surface area contributed by atoms with Crippen molar-refractivity contribution in [2.24, 2.45) is 0 Å². The van der Waals surface area contributed by atoms with E-state index in [9.17, 15) is 9.59 Å². The molecular formula is C15H11NO3Se. The van der Waals surface area contributed by atoms with Gasteiger partial charge in [0, 0.05) is 0 Å². The Balaban J connectivity index is 1.95. The van der Waals surface area contributed by atoms with Gasteiger partial charge in [-0.3, -0.25) is 0 Å². The third kappa shape index (κ3) is 2.33. The van der Waals surface area contributed by atoms with Crippen molar-refractivity contribution in [3.8, 4) is 0 Å². The summed E-state index contributed by atoms with van der Waals surface area (Å²) in [5.74, 6) is -0.939. The van der Waals surface area contributed by atoms with E-state index in [1.165, 1.54) is 0 Å². The first-order chi connectivity index (χ1) is 9.65. The van der Waals surface area contributed by atoms with Gasteiger partial charge in [0.15, 0.2) is 0 Å². The van der Waals surface area contributed by atoms with Crippen LogP contribution in [0.1, 0.15) is 15.9 Å². The molecule has 0 radical (unpaired) electrons. The fourth-order valence-corrected chi connectivity index (χ4v) is 4.19. The second-order valence-electron chi connectivity index (χ2n) is 4.43. The molecule has 3 aromatic rings. The molecule has 2 aromatic carbocycles. The van der Waals surface area contributed by atoms with Gasteiger partial charge in [-0.1, -0.05) is 0 Å². The molecule has 0 bridgehead atoms. The van der Waals surface area contributed by atoms with Crippen LogP contribution in [-0.2, 0) is 6.54 Å². The average molecular weight is 332 g/mol. The SMILES string of the molecule is O=C(O)c1ccc(Cn2[se]c3ccccc3c2=O)cc1. The quantitative estimate of drug-likeness (QED) is 0.744. The van der Waals surface area contributed by atoms with Gasteiger partial charge in [0.2, 0.25) is 0 Å². The Kier molecular flexibility index (Phi) is 3.30. The first kappa shape index (κ1) is 12.9. The van der Waals surface area contributed by atoms with Crippen molar-refractivity contribution in [2.45, 2.75) is 6.54 Å². The number of nitrogens with zero attached hydrogens (tertiary/aromatic N) is 1. The number of aromatic nitrogens is 1. The van der Waals surface area contributed by atoms with Crippen molar-refractivity contribution in [2.75, 3.05) is 0 Å². The summed E-state index contributed by atoms with van der Waals surface area (Å²) in [5.41, 5.74) is 1.26. The van der Waals surface area contributed by atoms with Crippen molar-refractivity contribution in [1.82, 2.24) is 3.56 Å². The molecule has 20 heavy (non-hydrogen) atoms. The molecule has 0 atom stereocenters. The summed E-state index contributed by atoms with van der Waals surface area (Å²) >= 11 is -0.000847. The summed E-state index contributed by atoms with van der Waals surface area (Å²) in [7, 11) is 0. The monoisotopic (exact) mass is 333 g/mol. The summed E-state index contributed by atoms with van der Waals surface area (Å²) < 4.78 is 2.93. The normalized spacial score (nSPS) is 10.8. The van der Waals surface area contributed by atoms with Gasteiger partial charge in [0.25, 0.3) is 0 Å². The summed E-state index contributed by atoms with van der Waals surface area (Å²) in [6.45, 7) is 0.521. The molecule has 4 nitrogen and oxygen atoms in total. The molecule has 0 fully saturated rings. The molecule has 1 aromatic heterocycles. The molecule has 100 valence electrons. The molecule has 0 saturated carbocycles. The maximum absolute atomic E-state index is 12.2. The number of carboxylic acid groups (broad SMARTS) is 1. The van der Waals surface area contributed by atoms with E-state index in [0.29, 0.717) is 6.54 Å². The van der Waals surface area contributed by atoms with E-state index in [4.69, 9.17) is 5.11 Å². The Hall–Kier alpha value is -2.10. The van der Waals surface area contributed by atoms with Gasteiger partial charge in [-0.25, -0.2) is 0 Å². The van der Waals surface area contributed by atoms with Crippen molar-refractivity contribution < 1.29 is 9.90 Å². The third-order valence-corrected chi connectivity index (χ3v) is 5.32. The van der Waals surface area contributed by atoms with E-state index in [1.807, 2.05) is 27.8 Å². The number of benzene rings is 2. The van der Waals surface area contributed by atoms with E-state index >= 15 is 0 Å². The van der Waals surface area contributed by atoms with Crippen LogP contribution in [0.5, 0.6) is 0 Å². The number of carbonyl (C=O) groups is 1. The van der Waals surface area contributed by atoms with Crippen LogP contribution in [0.3, 0.4) is 0 Å². The Bertz CT molecular complexity index is 830. The molecule has 1 N–H and O–H groups in total. The van der Waals surface area contributed by atoms with Gasteiger partial charge < -0.3 is 0 Å². The van der Waals surface area contributed by atoms with E-state index in [1.54, 1.807) is 24.3 Å². The van der Waals surface area contributed by atoms with Crippen LogP contribution in [0.2, 0.25) is 0 Å². The first-order valence-electron chi connectivity index (χ1n) is 6.06. The molecule has 0 spiro atoms. The number of carboxylic acids is 1. The molecule has 0 saturated heterocycles. The van der Waals surface area contributed by atoms with E-state index in [-0.39, 0.29) is 25.9 Å². The van der Waals surface area contributed by atoms with Crippen LogP contribution in [0.4, 0.5) is 0 Å². The van der Waals surface area contributed by atoms with Crippen LogP contribution >= 0.6 is 0 Å². The minimum absolute atomic E-state index is 0.000847. The minimum atomic E-state index is -0.939. The zero-order valence-electron chi connectivity index (χ0n) is 10.4. The van der Waals surface area contributed by atoms with Crippen molar-refractivity contribution >= 4 is 30.3 Å². The molecule has 1 heterocycles. The van der Waals surface area contributed by atoms with Gasteiger partial charge in [-0.2, -0.15) is 0 Å². The van der Waals surface area contributed by atoms with Gasteiger partial charge in [-0.05, 0) is 0 Å². The fraction of sp³-hybridized carbons (Fsp3) is 0.0667. The van der Waals surface area contributed by atoms with Crippen molar-refractivity contribution in [3.05, 3.63) is 70.0 Å². The Morgan fingerprint density at radius 2 is 1.80 bits per heavy atom. The van der Waals surface area contributed by atoms with Crippen LogP contribution in [0.15, 0.2) is 53.3 Å². The summed E-state index contributed by atoms with van der Waals surface area (Å²) in [5, 5.41) is 9.65. The second-order valence-corrected chi connectivity index (χ2v) is 6.66. The molecule has 5 heteroatoms. The fourth-order valence-electron chi connectivity index (χ4n) is 2.04. The average Bonchev–Trinajstić information content (AvgIpc) is 2.77. The summed E-state index contributed by atoms with van der Waals surface area (Å²) in [6, 6.07) is 14.3. The number of hydrogen-bond acceptors (Lipinski definition) is 2. The van der Waals surface area contributed by atoms with Crippen molar-refractivity contribution in [3.63, 3.8) is 0 Å². The summed E-state index contributed by atoms with van der Waals surface area (Å²) in [4.78, 5) is 23.0. The summed E-state index contributed by atoms with van der Waals surface area (Å²) in [6.07, 6.45) is 0. The van der Waals surface area contributed by atoms with Gasteiger partial charge in [-0.15, -0.1) is 0 Å². The molecular weight excluding hydrogens is 321 g/mol. The maximum atomic E-state index is 12.2. The molecule has 0 unspecified atom stereocenters. The van der Waals surface area contributed by atoms with Gasteiger partial charge >= 0.3 is 120 Å². The zero-order valence-corrected chi connectivity index (χ0v) is 12.2. The number of hydrogen-bond donors (Lipinski definition) is 1. The molecule has 3 rings (SSSR count). The zero-order chi connectivity index (χ0) is 14.1. The van der Waals surface area contributed by atoms with Crippen LogP contribution in [0.25, 0.3) is 9.65 Å². The van der Waals surface area contributed by atoms with E-state index < -0.39 is 5.97 Å². The van der Waals surface area contributed by atoms with Crippen LogP contribution in [0, 0.1) is 0 Å². The van der Waals surface area contributed by atoms with Crippen molar-refractivity contribution in [1.29, 1.82) is 0 Å². The Labute approximate surface area is 120 Å². The van der Waals surface area contributed by atoms with E-state index in [0.717, 1.165) is 15.2 Å². The number of fused-ring (bicyclic) bond motifs is 1. The predicted octanol–water partition coefficient (Wildman–Crippen LogP) is 1.80. The molecule has 0 aliphatic rings. The van der Waals surface area contributed by atoms with Crippen LogP contribution < -0.4 is 5.56 Å². The third-order valence-electron chi connectivity index (χ3n) is 3.08. The van der Waals surface area contributed by atoms with E-state index in [2.05, 4.69) is 0 Å². The first-order valence-corrected chi connectivity index (χ1v) is 7.68. The topological polar surface area (TPSA) is 59.3 Å². The molecule has 0 amide bonds.